The number of aromatic nitrogens is 4. The maximum Gasteiger partial charge on any atom is 0.259 e. The van der Waals surface area contributed by atoms with E-state index < -0.39 is 0 Å². The predicted octanol–water partition coefficient (Wildman–Crippen LogP) is 2.46. The molecule has 0 unspecified atom stereocenters. The van der Waals surface area contributed by atoms with E-state index in [-0.39, 0.29) is 5.75 Å². The Morgan fingerprint density at radius 1 is 1.30 bits per heavy atom. The van der Waals surface area contributed by atoms with Crippen molar-refractivity contribution in [3.63, 3.8) is 0 Å². The molecule has 0 aromatic carbocycles. The first-order chi connectivity index (χ1) is 9.78. The van der Waals surface area contributed by atoms with Crippen LogP contribution in [0.4, 0.5) is 0 Å². The van der Waals surface area contributed by atoms with E-state index in [1.807, 2.05) is 19.1 Å². The van der Waals surface area contributed by atoms with Gasteiger partial charge in [0.1, 0.15) is 11.4 Å². The maximum absolute atomic E-state index is 9.42. The van der Waals surface area contributed by atoms with Crippen LogP contribution in [-0.2, 0) is 6.42 Å². The standard InChI is InChI=1S/C14H12N4O2/c1-2-9-4-3-5-16-12(9)13-17-14(20-18-13)10-6-11(19)8-15-7-10/h3-8,19H,2H2,1H3. The van der Waals surface area contributed by atoms with E-state index in [0.29, 0.717) is 23.0 Å². The maximum atomic E-state index is 9.42. The van der Waals surface area contributed by atoms with Gasteiger partial charge < -0.3 is 9.63 Å². The Kier molecular flexibility index (Phi) is 3.12. The van der Waals surface area contributed by atoms with Crippen LogP contribution >= 0.6 is 0 Å². The van der Waals surface area contributed by atoms with Crippen molar-refractivity contribution in [3.05, 3.63) is 42.4 Å². The van der Waals surface area contributed by atoms with Crippen LogP contribution in [0.15, 0.2) is 41.3 Å². The van der Waals surface area contributed by atoms with Gasteiger partial charge in [0.25, 0.3) is 5.89 Å². The molecule has 0 saturated heterocycles. The normalized spacial score (nSPS) is 10.7. The molecule has 0 aliphatic rings. The minimum atomic E-state index is 0.0503. The number of hydrogen-bond donors (Lipinski definition) is 1. The second-order valence-corrected chi connectivity index (χ2v) is 4.22. The van der Waals surface area contributed by atoms with Crippen molar-refractivity contribution < 1.29 is 9.63 Å². The van der Waals surface area contributed by atoms with E-state index in [0.717, 1.165) is 12.0 Å². The molecule has 3 heterocycles. The molecular weight excluding hydrogens is 256 g/mol. The van der Waals surface area contributed by atoms with Crippen LogP contribution < -0.4 is 0 Å². The molecule has 0 aliphatic carbocycles. The molecule has 0 amide bonds. The molecule has 1 N–H and O–H groups in total. The van der Waals surface area contributed by atoms with Crippen LogP contribution in [0.25, 0.3) is 23.0 Å². The van der Waals surface area contributed by atoms with Gasteiger partial charge in [-0.2, -0.15) is 4.98 Å². The lowest BCUT2D eigenvalue weighted by atomic mass is 10.1. The molecule has 0 fully saturated rings. The van der Waals surface area contributed by atoms with Gasteiger partial charge >= 0.3 is 0 Å². The quantitative estimate of drug-likeness (QED) is 0.785. The van der Waals surface area contributed by atoms with Gasteiger partial charge in [0.2, 0.25) is 5.82 Å². The van der Waals surface area contributed by atoms with Gasteiger partial charge in [0.15, 0.2) is 0 Å². The van der Waals surface area contributed by atoms with E-state index in [2.05, 4.69) is 20.1 Å². The first-order valence-electron chi connectivity index (χ1n) is 6.20. The molecule has 100 valence electrons. The summed E-state index contributed by atoms with van der Waals surface area (Å²) in [6.45, 7) is 2.04. The Balaban J connectivity index is 2.02. The lowest BCUT2D eigenvalue weighted by Crippen LogP contribution is -1.92. The predicted molar refractivity (Wildman–Crippen MR) is 71.8 cm³/mol. The van der Waals surface area contributed by atoms with E-state index in [9.17, 15) is 5.11 Å². The highest BCUT2D eigenvalue weighted by Gasteiger charge is 2.14. The summed E-state index contributed by atoms with van der Waals surface area (Å²) in [5, 5.41) is 13.4. The number of nitrogens with zero attached hydrogens (tertiary/aromatic N) is 4. The third kappa shape index (κ3) is 2.23. The Morgan fingerprint density at radius 2 is 2.20 bits per heavy atom. The van der Waals surface area contributed by atoms with E-state index in [1.165, 1.54) is 12.3 Å². The SMILES string of the molecule is CCc1cccnc1-c1noc(-c2cncc(O)c2)n1. The van der Waals surface area contributed by atoms with Crippen LogP contribution in [-0.4, -0.2) is 25.2 Å². The molecule has 0 aliphatic heterocycles. The third-order valence-electron chi connectivity index (χ3n) is 2.88. The second-order valence-electron chi connectivity index (χ2n) is 4.22. The monoisotopic (exact) mass is 268 g/mol. The Labute approximate surface area is 115 Å². The molecule has 0 bridgehead atoms. The van der Waals surface area contributed by atoms with Gasteiger partial charge in [-0.3, -0.25) is 9.97 Å². The second kappa shape index (κ2) is 5.08. The molecule has 3 aromatic heterocycles. The lowest BCUT2D eigenvalue weighted by Gasteiger charge is -2.00. The summed E-state index contributed by atoms with van der Waals surface area (Å²) >= 11 is 0. The molecular formula is C14H12N4O2. The molecule has 0 spiro atoms. The fourth-order valence-electron chi connectivity index (χ4n) is 1.91. The molecule has 0 radical (unpaired) electrons. The van der Waals surface area contributed by atoms with Gasteiger partial charge in [-0.1, -0.05) is 18.1 Å². The molecule has 20 heavy (non-hydrogen) atoms. The molecule has 6 nitrogen and oxygen atoms in total. The molecule has 3 rings (SSSR count). The highest BCUT2D eigenvalue weighted by molar-refractivity contribution is 5.59. The molecule has 0 saturated carbocycles. The summed E-state index contributed by atoms with van der Waals surface area (Å²) in [6, 6.07) is 5.38. The van der Waals surface area contributed by atoms with Crippen molar-refractivity contribution in [1.82, 2.24) is 20.1 Å². The highest BCUT2D eigenvalue weighted by atomic mass is 16.5. The summed E-state index contributed by atoms with van der Waals surface area (Å²) in [7, 11) is 0. The zero-order valence-electron chi connectivity index (χ0n) is 10.8. The smallest absolute Gasteiger partial charge is 0.259 e. The Morgan fingerprint density at radius 3 is 3.00 bits per heavy atom. The molecule has 3 aromatic rings. The van der Waals surface area contributed by atoms with Gasteiger partial charge in [0.05, 0.1) is 11.8 Å². The van der Waals surface area contributed by atoms with Crippen molar-refractivity contribution in [2.45, 2.75) is 13.3 Å². The zero-order valence-corrected chi connectivity index (χ0v) is 10.8. The van der Waals surface area contributed by atoms with Crippen LogP contribution in [0, 0.1) is 0 Å². The largest absolute Gasteiger partial charge is 0.506 e. The average molecular weight is 268 g/mol. The van der Waals surface area contributed by atoms with Crippen molar-refractivity contribution in [1.29, 1.82) is 0 Å². The first kappa shape index (κ1) is 12.3. The fourth-order valence-corrected chi connectivity index (χ4v) is 1.91. The van der Waals surface area contributed by atoms with Crippen LogP contribution in [0.3, 0.4) is 0 Å². The van der Waals surface area contributed by atoms with Gasteiger partial charge in [-0.15, -0.1) is 0 Å². The highest BCUT2D eigenvalue weighted by Crippen LogP contribution is 2.24. The van der Waals surface area contributed by atoms with Crippen LogP contribution in [0.5, 0.6) is 5.75 Å². The number of pyridine rings is 2. The summed E-state index contributed by atoms with van der Waals surface area (Å²) in [6.07, 6.45) is 5.42. The minimum Gasteiger partial charge on any atom is -0.506 e. The Hall–Kier alpha value is -2.76. The van der Waals surface area contributed by atoms with E-state index in [4.69, 9.17) is 4.52 Å². The van der Waals surface area contributed by atoms with E-state index in [1.54, 1.807) is 12.4 Å². The van der Waals surface area contributed by atoms with Crippen molar-refractivity contribution in [2.24, 2.45) is 0 Å². The third-order valence-corrected chi connectivity index (χ3v) is 2.88. The lowest BCUT2D eigenvalue weighted by molar-refractivity contribution is 0.430. The first-order valence-corrected chi connectivity index (χ1v) is 6.20. The van der Waals surface area contributed by atoms with Crippen molar-refractivity contribution >= 4 is 0 Å². The van der Waals surface area contributed by atoms with Gasteiger partial charge in [0, 0.05) is 12.4 Å². The van der Waals surface area contributed by atoms with Crippen molar-refractivity contribution in [3.8, 4) is 28.7 Å². The van der Waals surface area contributed by atoms with Gasteiger partial charge in [-0.05, 0) is 24.1 Å². The summed E-state index contributed by atoms with van der Waals surface area (Å²) in [4.78, 5) is 12.5. The average Bonchev–Trinajstić information content (AvgIpc) is 2.97. The number of aryl methyl sites for hydroxylation is 1. The van der Waals surface area contributed by atoms with Crippen LogP contribution in [0.1, 0.15) is 12.5 Å². The van der Waals surface area contributed by atoms with Gasteiger partial charge in [-0.25, -0.2) is 0 Å². The van der Waals surface area contributed by atoms with E-state index >= 15 is 0 Å². The summed E-state index contributed by atoms with van der Waals surface area (Å²) in [5.41, 5.74) is 2.32. The summed E-state index contributed by atoms with van der Waals surface area (Å²) in [5.74, 6) is 0.784. The number of rotatable bonds is 3. The fraction of sp³-hybridized carbons (Fsp3) is 0.143. The van der Waals surface area contributed by atoms with Crippen molar-refractivity contribution in [2.75, 3.05) is 0 Å². The molecule has 0 atom stereocenters. The van der Waals surface area contributed by atoms with Crippen LogP contribution in [0.2, 0.25) is 0 Å². The topological polar surface area (TPSA) is 84.9 Å². The number of aromatic hydroxyl groups is 1. The minimum absolute atomic E-state index is 0.0503. The number of hydrogen-bond acceptors (Lipinski definition) is 6. The zero-order chi connectivity index (χ0) is 13.9. The summed E-state index contributed by atoms with van der Waals surface area (Å²) < 4.78 is 5.21. The Bertz CT molecular complexity index is 739. The molecule has 6 heteroatoms.